The van der Waals surface area contributed by atoms with Crippen molar-refractivity contribution in [3.63, 3.8) is 0 Å². The van der Waals surface area contributed by atoms with E-state index in [0.29, 0.717) is 12.6 Å². The highest BCUT2D eigenvalue weighted by Gasteiger charge is 2.38. The van der Waals surface area contributed by atoms with Crippen LogP contribution in [-0.4, -0.2) is 38.7 Å². The second-order valence-electron chi connectivity index (χ2n) is 6.07. The molecule has 2 atom stereocenters. The van der Waals surface area contributed by atoms with Crippen LogP contribution in [0.2, 0.25) is 18.1 Å². The van der Waals surface area contributed by atoms with Crippen LogP contribution in [0, 0.1) is 0 Å². The predicted molar refractivity (Wildman–Crippen MR) is 65.6 cm³/mol. The maximum absolute atomic E-state index is 9.38. The molecule has 1 aliphatic heterocycles. The molecule has 90 valence electrons. The molecule has 0 aromatic rings. The highest BCUT2D eigenvalue weighted by atomic mass is 28.4. The van der Waals surface area contributed by atoms with Gasteiger partial charge in [0.2, 0.25) is 0 Å². The summed E-state index contributed by atoms with van der Waals surface area (Å²) in [4.78, 5) is 0. The third-order valence-corrected chi connectivity index (χ3v) is 8.15. The van der Waals surface area contributed by atoms with Crippen molar-refractivity contribution in [2.75, 3.05) is 13.2 Å². The minimum Gasteiger partial charge on any atom is -0.415 e. The topological polar surface area (TPSA) is 41.5 Å². The molecule has 3 nitrogen and oxygen atoms in total. The van der Waals surface area contributed by atoms with Gasteiger partial charge in [0.1, 0.15) is 0 Å². The molecule has 0 aliphatic carbocycles. The summed E-state index contributed by atoms with van der Waals surface area (Å²) in [7, 11) is -1.62. The van der Waals surface area contributed by atoms with Crippen LogP contribution < -0.4 is 5.32 Å². The maximum Gasteiger partial charge on any atom is 0.192 e. The standard InChI is InChI=1S/C11H25NO2Si/c1-11(2,3)15(4,5)14-8-9-6-10(13)7-12-9/h9-10,12-13H,6-8H2,1-5H3/t9-,10?/m0/s1. The molecule has 0 radical (unpaired) electrons. The Hall–Kier alpha value is 0.0969. The SMILES string of the molecule is CC(C)(C)[Si](C)(C)OC[C@@H]1CC(O)CN1. The van der Waals surface area contributed by atoms with E-state index in [9.17, 15) is 5.11 Å². The first-order chi connectivity index (χ1) is 6.72. The summed E-state index contributed by atoms with van der Waals surface area (Å²) in [6.45, 7) is 12.7. The largest absolute Gasteiger partial charge is 0.415 e. The number of β-amino-alcohol motifs (C(OH)–C–C–N with tert-alkyl or cyclic N) is 1. The first-order valence-corrected chi connectivity index (χ1v) is 8.68. The van der Waals surface area contributed by atoms with Gasteiger partial charge < -0.3 is 14.8 Å². The number of nitrogens with one attached hydrogen (secondary N) is 1. The molecule has 0 aromatic heterocycles. The lowest BCUT2D eigenvalue weighted by molar-refractivity contribution is 0.185. The van der Waals surface area contributed by atoms with Gasteiger partial charge in [-0.15, -0.1) is 0 Å². The lowest BCUT2D eigenvalue weighted by Gasteiger charge is -2.36. The second-order valence-corrected chi connectivity index (χ2v) is 10.9. The van der Waals surface area contributed by atoms with E-state index in [4.69, 9.17) is 4.43 Å². The fourth-order valence-electron chi connectivity index (χ4n) is 1.45. The van der Waals surface area contributed by atoms with E-state index in [1.165, 1.54) is 0 Å². The maximum atomic E-state index is 9.38. The molecule has 4 heteroatoms. The van der Waals surface area contributed by atoms with Crippen molar-refractivity contribution in [1.82, 2.24) is 5.32 Å². The molecule has 1 rings (SSSR count). The minimum atomic E-state index is -1.62. The van der Waals surface area contributed by atoms with Crippen molar-refractivity contribution in [1.29, 1.82) is 0 Å². The molecule has 1 unspecified atom stereocenters. The van der Waals surface area contributed by atoms with Crippen molar-refractivity contribution in [2.24, 2.45) is 0 Å². The summed E-state index contributed by atoms with van der Waals surface area (Å²) in [5, 5.41) is 12.9. The zero-order chi connectivity index (χ0) is 11.7. The minimum absolute atomic E-state index is 0.182. The number of rotatable bonds is 3. The second kappa shape index (κ2) is 4.53. The Labute approximate surface area is 94.3 Å². The molecule has 0 bridgehead atoms. The van der Waals surface area contributed by atoms with Gasteiger partial charge in [-0.3, -0.25) is 0 Å². The van der Waals surface area contributed by atoms with Crippen LogP contribution in [0.3, 0.4) is 0 Å². The smallest absolute Gasteiger partial charge is 0.192 e. The Morgan fingerprint density at radius 3 is 2.40 bits per heavy atom. The van der Waals surface area contributed by atoms with Gasteiger partial charge in [-0.05, 0) is 24.6 Å². The zero-order valence-electron chi connectivity index (χ0n) is 10.6. The molecule has 15 heavy (non-hydrogen) atoms. The normalized spacial score (nSPS) is 28.4. The van der Waals surface area contributed by atoms with Crippen LogP contribution in [0.4, 0.5) is 0 Å². The quantitative estimate of drug-likeness (QED) is 0.727. The summed E-state index contributed by atoms with van der Waals surface area (Å²) in [5.74, 6) is 0. The van der Waals surface area contributed by atoms with Crippen molar-refractivity contribution in [3.05, 3.63) is 0 Å². The third-order valence-electron chi connectivity index (χ3n) is 3.65. The molecule has 1 fully saturated rings. The summed E-state index contributed by atoms with van der Waals surface area (Å²) in [6, 6.07) is 0.342. The van der Waals surface area contributed by atoms with Gasteiger partial charge in [0.05, 0.1) is 6.10 Å². The fourth-order valence-corrected chi connectivity index (χ4v) is 2.50. The molecular formula is C11H25NO2Si. The Balaban J connectivity index is 2.36. The van der Waals surface area contributed by atoms with Crippen LogP contribution in [0.25, 0.3) is 0 Å². The van der Waals surface area contributed by atoms with Gasteiger partial charge in [0.25, 0.3) is 0 Å². The molecule has 0 saturated carbocycles. The first-order valence-electron chi connectivity index (χ1n) is 5.78. The molecule has 1 heterocycles. The first kappa shape index (κ1) is 13.2. The van der Waals surface area contributed by atoms with Crippen LogP contribution in [-0.2, 0) is 4.43 Å². The van der Waals surface area contributed by atoms with E-state index >= 15 is 0 Å². The Bertz CT molecular complexity index is 213. The van der Waals surface area contributed by atoms with Gasteiger partial charge in [0.15, 0.2) is 8.32 Å². The molecule has 1 aliphatic rings. The van der Waals surface area contributed by atoms with E-state index in [0.717, 1.165) is 13.0 Å². The molecule has 0 aromatic carbocycles. The molecule has 1 saturated heterocycles. The van der Waals surface area contributed by atoms with E-state index in [1.807, 2.05) is 0 Å². The monoisotopic (exact) mass is 231 g/mol. The van der Waals surface area contributed by atoms with Crippen molar-refractivity contribution >= 4 is 8.32 Å². The molecular weight excluding hydrogens is 206 g/mol. The Kier molecular flexibility index (Phi) is 3.98. The summed E-state index contributed by atoms with van der Waals surface area (Å²) in [5.41, 5.74) is 0. The van der Waals surface area contributed by atoms with Crippen molar-refractivity contribution < 1.29 is 9.53 Å². The van der Waals surface area contributed by atoms with Crippen LogP contribution in [0.15, 0.2) is 0 Å². The summed E-state index contributed by atoms with van der Waals surface area (Å²) in [6.07, 6.45) is 0.646. The van der Waals surface area contributed by atoms with E-state index in [-0.39, 0.29) is 11.1 Å². The highest BCUT2D eigenvalue weighted by Crippen LogP contribution is 2.36. The van der Waals surface area contributed by atoms with Crippen LogP contribution in [0.1, 0.15) is 27.2 Å². The summed E-state index contributed by atoms with van der Waals surface area (Å²) < 4.78 is 6.09. The third kappa shape index (κ3) is 3.55. The van der Waals surface area contributed by atoms with Gasteiger partial charge >= 0.3 is 0 Å². The number of aliphatic hydroxyl groups is 1. The van der Waals surface area contributed by atoms with Gasteiger partial charge in [-0.1, -0.05) is 20.8 Å². The lowest BCUT2D eigenvalue weighted by atomic mass is 10.2. The van der Waals surface area contributed by atoms with Crippen LogP contribution in [0.5, 0.6) is 0 Å². The average Bonchev–Trinajstić information content (AvgIpc) is 2.46. The number of hydrogen-bond donors (Lipinski definition) is 2. The molecule has 2 N–H and O–H groups in total. The van der Waals surface area contributed by atoms with Gasteiger partial charge in [0, 0.05) is 19.2 Å². The van der Waals surface area contributed by atoms with E-state index in [1.54, 1.807) is 0 Å². The fraction of sp³-hybridized carbons (Fsp3) is 1.00. The van der Waals surface area contributed by atoms with Gasteiger partial charge in [-0.2, -0.15) is 0 Å². The van der Waals surface area contributed by atoms with E-state index in [2.05, 4.69) is 39.2 Å². The summed E-state index contributed by atoms with van der Waals surface area (Å²) >= 11 is 0. The van der Waals surface area contributed by atoms with Crippen LogP contribution >= 0.6 is 0 Å². The Morgan fingerprint density at radius 1 is 1.40 bits per heavy atom. The highest BCUT2D eigenvalue weighted by molar-refractivity contribution is 6.74. The van der Waals surface area contributed by atoms with Gasteiger partial charge in [-0.25, -0.2) is 0 Å². The van der Waals surface area contributed by atoms with E-state index < -0.39 is 8.32 Å². The lowest BCUT2D eigenvalue weighted by Crippen LogP contribution is -2.43. The Morgan fingerprint density at radius 2 is 2.00 bits per heavy atom. The molecule has 0 spiro atoms. The predicted octanol–water partition coefficient (Wildman–Crippen LogP) is 1.73. The van der Waals surface area contributed by atoms with Crippen molar-refractivity contribution in [3.8, 4) is 0 Å². The molecule has 0 amide bonds. The van der Waals surface area contributed by atoms with Crippen molar-refractivity contribution in [2.45, 2.75) is 57.5 Å². The average molecular weight is 231 g/mol. The number of aliphatic hydroxyl groups excluding tert-OH is 1. The zero-order valence-corrected chi connectivity index (χ0v) is 11.6. The number of hydrogen-bond acceptors (Lipinski definition) is 3.